The zero-order chi connectivity index (χ0) is 17.8. The molecule has 6 heteroatoms. The van der Waals surface area contributed by atoms with Crippen LogP contribution in [-0.4, -0.2) is 36.6 Å². The number of fused-ring (bicyclic) bond motifs is 1. The molecule has 4 fully saturated rings. The number of nitrogens with zero attached hydrogens (tertiary/aromatic N) is 1. The van der Waals surface area contributed by atoms with Gasteiger partial charge < -0.3 is 4.74 Å². The average Bonchev–Trinajstić information content (AvgIpc) is 2.89. The number of alkyl halides is 3. The molecule has 0 radical (unpaired) electrons. The van der Waals surface area contributed by atoms with E-state index >= 15 is 0 Å². The predicted octanol–water partition coefficient (Wildman–Crippen LogP) is 3.74. The molecule has 0 aliphatic carbocycles. The molecule has 134 valence electrons. The highest BCUT2D eigenvalue weighted by atomic mass is 19.4. The molecule has 0 amide bonds. The van der Waals surface area contributed by atoms with Crippen LogP contribution in [0.2, 0.25) is 0 Å². The van der Waals surface area contributed by atoms with Gasteiger partial charge >= 0.3 is 12.1 Å². The molecule has 0 spiro atoms. The number of benzene rings is 1. The van der Waals surface area contributed by atoms with Crippen molar-refractivity contribution in [1.29, 1.82) is 0 Å². The van der Waals surface area contributed by atoms with Crippen LogP contribution in [0.3, 0.4) is 0 Å². The Hall–Kier alpha value is -1.82. The van der Waals surface area contributed by atoms with Gasteiger partial charge in [0.1, 0.15) is 0 Å². The van der Waals surface area contributed by atoms with E-state index in [-0.39, 0.29) is 23.8 Å². The molecule has 25 heavy (non-hydrogen) atoms. The van der Waals surface area contributed by atoms with Crippen LogP contribution < -0.4 is 0 Å². The molecule has 5 rings (SSSR count). The first-order valence-corrected chi connectivity index (χ1v) is 8.60. The van der Waals surface area contributed by atoms with Crippen molar-refractivity contribution in [3.05, 3.63) is 41.0 Å². The molecule has 4 heterocycles. The maximum absolute atomic E-state index is 12.7. The molecule has 1 aromatic rings. The van der Waals surface area contributed by atoms with E-state index in [0.29, 0.717) is 6.04 Å². The van der Waals surface area contributed by atoms with Crippen molar-refractivity contribution in [3.63, 3.8) is 0 Å². The third-order valence-corrected chi connectivity index (χ3v) is 5.97. The van der Waals surface area contributed by atoms with Crippen LogP contribution in [0.15, 0.2) is 29.8 Å². The minimum Gasteiger partial charge on any atom is -0.469 e. The smallest absolute Gasteiger partial charge is 0.416 e. The van der Waals surface area contributed by atoms with Crippen molar-refractivity contribution >= 4 is 12.0 Å². The fraction of sp³-hybridized carbons (Fsp3) is 0.526. The van der Waals surface area contributed by atoms with E-state index < -0.39 is 11.7 Å². The Balaban J connectivity index is 1.63. The van der Waals surface area contributed by atoms with Crippen LogP contribution in [-0.2, 0) is 15.7 Å². The molecule has 3 nitrogen and oxygen atoms in total. The summed E-state index contributed by atoms with van der Waals surface area (Å²) in [5.41, 5.74) is 1.23. The fourth-order valence-corrected chi connectivity index (χ4v) is 4.86. The van der Waals surface area contributed by atoms with Crippen LogP contribution in [0.25, 0.3) is 6.08 Å². The number of carbonyl (C=O) groups is 1. The van der Waals surface area contributed by atoms with Gasteiger partial charge in [0.2, 0.25) is 0 Å². The molecule has 4 aliphatic rings. The normalized spacial score (nSPS) is 35.2. The average molecular weight is 351 g/mol. The summed E-state index contributed by atoms with van der Waals surface area (Å²) in [6.45, 7) is 0.800. The zero-order valence-corrected chi connectivity index (χ0v) is 13.9. The van der Waals surface area contributed by atoms with E-state index in [1.807, 2.05) is 6.08 Å². The van der Waals surface area contributed by atoms with Gasteiger partial charge in [0, 0.05) is 18.6 Å². The lowest BCUT2D eigenvalue weighted by Gasteiger charge is -2.50. The molecule has 4 saturated heterocycles. The number of esters is 1. The van der Waals surface area contributed by atoms with Gasteiger partial charge in [0.15, 0.2) is 0 Å². The van der Waals surface area contributed by atoms with Crippen molar-refractivity contribution in [2.75, 3.05) is 13.7 Å². The molecule has 4 bridgehead atoms. The second-order valence-corrected chi connectivity index (χ2v) is 7.20. The minimum atomic E-state index is -4.32. The van der Waals surface area contributed by atoms with E-state index in [2.05, 4.69) is 4.90 Å². The number of carbonyl (C=O) groups excluding carboxylic acids is 1. The fourth-order valence-electron chi connectivity index (χ4n) is 4.86. The van der Waals surface area contributed by atoms with Gasteiger partial charge in [-0.1, -0.05) is 23.8 Å². The number of hydrogen-bond donors (Lipinski definition) is 0. The Morgan fingerprint density at radius 2 is 1.96 bits per heavy atom. The van der Waals surface area contributed by atoms with Crippen LogP contribution in [0, 0.1) is 11.8 Å². The van der Waals surface area contributed by atoms with Gasteiger partial charge in [-0.05, 0) is 42.9 Å². The van der Waals surface area contributed by atoms with E-state index in [9.17, 15) is 18.0 Å². The summed E-state index contributed by atoms with van der Waals surface area (Å²) in [7, 11) is 1.42. The highest BCUT2D eigenvalue weighted by Crippen LogP contribution is 2.50. The molecule has 0 saturated carbocycles. The predicted molar refractivity (Wildman–Crippen MR) is 86.6 cm³/mol. The SMILES string of the molecule is COC(=O)C1C2CC3CCC1N3C/C2=C\c1ccc(C(F)(F)F)cc1. The Labute approximate surface area is 144 Å². The van der Waals surface area contributed by atoms with E-state index in [0.717, 1.165) is 49.1 Å². The van der Waals surface area contributed by atoms with E-state index in [1.165, 1.54) is 19.2 Å². The number of ether oxygens (including phenoxy) is 1. The van der Waals surface area contributed by atoms with Gasteiger partial charge in [-0.15, -0.1) is 0 Å². The Morgan fingerprint density at radius 1 is 1.24 bits per heavy atom. The Morgan fingerprint density at radius 3 is 2.60 bits per heavy atom. The van der Waals surface area contributed by atoms with Crippen LogP contribution in [0.1, 0.15) is 30.4 Å². The van der Waals surface area contributed by atoms with Crippen LogP contribution >= 0.6 is 0 Å². The quantitative estimate of drug-likeness (QED) is 0.760. The maximum atomic E-state index is 12.7. The lowest BCUT2D eigenvalue weighted by atomic mass is 9.71. The third-order valence-electron chi connectivity index (χ3n) is 5.97. The number of halogens is 3. The molecule has 5 unspecified atom stereocenters. The van der Waals surface area contributed by atoms with Crippen molar-refractivity contribution in [3.8, 4) is 0 Å². The van der Waals surface area contributed by atoms with Crippen LogP contribution in [0.4, 0.5) is 13.2 Å². The van der Waals surface area contributed by atoms with Crippen molar-refractivity contribution in [1.82, 2.24) is 4.90 Å². The second-order valence-electron chi connectivity index (χ2n) is 7.20. The molecule has 4 aliphatic heterocycles. The summed E-state index contributed by atoms with van der Waals surface area (Å²) in [5, 5.41) is 0. The minimum absolute atomic E-state index is 0.136. The van der Waals surface area contributed by atoms with Gasteiger partial charge in [0.25, 0.3) is 0 Å². The van der Waals surface area contributed by atoms with Crippen molar-refractivity contribution in [2.45, 2.75) is 37.5 Å². The number of methoxy groups -OCH3 is 1. The highest BCUT2D eigenvalue weighted by molar-refractivity contribution is 5.75. The number of hydrogen-bond acceptors (Lipinski definition) is 3. The highest BCUT2D eigenvalue weighted by Gasteiger charge is 2.55. The molecular weight excluding hydrogens is 331 g/mol. The van der Waals surface area contributed by atoms with E-state index in [4.69, 9.17) is 4.74 Å². The largest absolute Gasteiger partial charge is 0.469 e. The monoisotopic (exact) mass is 351 g/mol. The lowest BCUT2D eigenvalue weighted by molar-refractivity contribution is -0.153. The zero-order valence-electron chi connectivity index (χ0n) is 13.9. The summed E-state index contributed by atoms with van der Waals surface area (Å²) in [6.07, 6.45) is 0.696. The first-order chi connectivity index (χ1) is 11.9. The first-order valence-electron chi connectivity index (χ1n) is 8.60. The Kier molecular flexibility index (Phi) is 3.90. The molecule has 1 aromatic carbocycles. The molecule has 0 N–H and O–H groups in total. The number of piperidine rings is 3. The summed E-state index contributed by atoms with van der Waals surface area (Å²) >= 11 is 0. The van der Waals surface area contributed by atoms with Crippen molar-refractivity contribution in [2.24, 2.45) is 11.8 Å². The molecule has 0 aromatic heterocycles. The second kappa shape index (κ2) is 5.87. The van der Waals surface area contributed by atoms with Crippen molar-refractivity contribution < 1.29 is 22.7 Å². The topological polar surface area (TPSA) is 29.5 Å². The first kappa shape index (κ1) is 16.6. The van der Waals surface area contributed by atoms with Gasteiger partial charge in [0.05, 0.1) is 18.6 Å². The standard InChI is InChI=1S/C19H20F3NO2/c1-25-18(24)17-15-9-14-6-7-16(17)23(14)10-12(15)8-11-2-4-13(5-3-11)19(20,21)22/h2-5,8,14-17H,6-7,9-10H2,1H3/b12-8+. The summed E-state index contributed by atoms with van der Waals surface area (Å²) < 4.78 is 43.1. The molecule has 5 atom stereocenters. The van der Waals surface area contributed by atoms with Crippen LogP contribution in [0.5, 0.6) is 0 Å². The maximum Gasteiger partial charge on any atom is 0.416 e. The van der Waals surface area contributed by atoms with E-state index in [1.54, 1.807) is 0 Å². The molecular formula is C19H20F3NO2. The lowest BCUT2D eigenvalue weighted by Crippen LogP contribution is -2.58. The summed E-state index contributed by atoms with van der Waals surface area (Å²) in [5.74, 6) is -0.186. The van der Waals surface area contributed by atoms with Gasteiger partial charge in [-0.3, -0.25) is 9.69 Å². The number of rotatable bonds is 2. The van der Waals surface area contributed by atoms with Gasteiger partial charge in [-0.25, -0.2) is 0 Å². The van der Waals surface area contributed by atoms with Gasteiger partial charge in [-0.2, -0.15) is 13.2 Å². The summed E-state index contributed by atoms with van der Waals surface area (Å²) in [6, 6.07) is 5.98. The third kappa shape index (κ3) is 2.76. The Bertz CT molecular complexity index is 710. The summed E-state index contributed by atoms with van der Waals surface area (Å²) in [4.78, 5) is 14.7.